The average Bonchev–Trinajstić information content (AvgIpc) is 3.10. The van der Waals surface area contributed by atoms with Gasteiger partial charge in [0, 0.05) is 18.7 Å². The van der Waals surface area contributed by atoms with Gasteiger partial charge in [-0.25, -0.2) is 0 Å². The van der Waals surface area contributed by atoms with E-state index < -0.39 is 23.8 Å². The molecule has 1 aromatic rings. The summed E-state index contributed by atoms with van der Waals surface area (Å²) in [5, 5.41) is 9.00. The van der Waals surface area contributed by atoms with Gasteiger partial charge in [-0.1, -0.05) is 6.07 Å². The minimum absolute atomic E-state index is 0. The van der Waals surface area contributed by atoms with E-state index in [1.807, 2.05) is 6.07 Å². The van der Waals surface area contributed by atoms with Gasteiger partial charge in [-0.3, -0.25) is 29.4 Å². The number of hydrogen-bond donors (Lipinski definition) is 3. The van der Waals surface area contributed by atoms with E-state index in [1.54, 1.807) is 12.1 Å². The number of fused-ring (bicyclic) bond motifs is 1. The first-order valence-corrected chi connectivity index (χ1v) is 12.5. The topological polar surface area (TPSA) is 117 Å². The Morgan fingerprint density at radius 2 is 1.63 bits per heavy atom. The molecule has 3 fully saturated rings. The van der Waals surface area contributed by atoms with Crippen LogP contribution in [0.4, 0.5) is 5.69 Å². The third-order valence-electron chi connectivity index (χ3n) is 7.51. The zero-order valence-electron chi connectivity index (χ0n) is 19.7. The lowest BCUT2D eigenvalue weighted by Gasteiger charge is -2.33. The molecule has 35 heavy (non-hydrogen) atoms. The standard InChI is InChI=1S/C25H32N4O5.ClH/c30-21-9-8-20(23(31)28-21)29-24(32)18-2-1-3-19(22(18)25(29)33)27-14-15-4-6-16(7-5-15)34-17-10-12-26-13-11-17;/h1-3,15-17,20,26-27H,4-14H2,(H,28,30,31);1H/t15-,16-,20?;. The van der Waals surface area contributed by atoms with Crippen molar-refractivity contribution >= 4 is 41.7 Å². The van der Waals surface area contributed by atoms with E-state index in [2.05, 4.69) is 16.0 Å². The summed E-state index contributed by atoms with van der Waals surface area (Å²) < 4.78 is 6.31. The van der Waals surface area contributed by atoms with Crippen LogP contribution in [-0.4, -0.2) is 66.4 Å². The number of nitrogens with one attached hydrogen (secondary N) is 3. The van der Waals surface area contributed by atoms with Gasteiger partial charge < -0.3 is 15.4 Å². The highest BCUT2D eigenvalue weighted by Gasteiger charge is 2.45. The summed E-state index contributed by atoms with van der Waals surface area (Å²) in [5.74, 6) is -1.45. The molecule has 2 saturated heterocycles. The summed E-state index contributed by atoms with van der Waals surface area (Å²) in [5.41, 5.74) is 1.25. The van der Waals surface area contributed by atoms with Gasteiger partial charge in [0.05, 0.1) is 23.3 Å². The summed E-state index contributed by atoms with van der Waals surface area (Å²) in [6.45, 7) is 2.79. The van der Waals surface area contributed by atoms with Gasteiger partial charge in [-0.15, -0.1) is 12.4 Å². The molecule has 1 saturated carbocycles. The molecule has 1 aromatic carbocycles. The number of hydrogen-bond acceptors (Lipinski definition) is 7. The zero-order valence-corrected chi connectivity index (χ0v) is 20.5. The molecular formula is C25H33ClN4O5. The van der Waals surface area contributed by atoms with Crippen LogP contribution in [0.25, 0.3) is 0 Å². The number of carbonyl (C=O) groups excluding carboxylic acids is 4. The highest BCUT2D eigenvalue weighted by molar-refractivity contribution is 6.25. The lowest BCUT2D eigenvalue weighted by Crippen LogP contribution is -2.54. The SMILES string of the molecule is Cl.O=C1CCC(N2C(=O)c3cccc(NC[C@H]4CC[C@H](OC5CCNCC5)CC4)c3C2=O)C(=O)N1. The summed E-state index contributed by atoms with van der Waals surface area (Å²) in [6.07, 6.45) is 7.37. The molecule has 1 unspecified atom stereocenters. The third kappa shape index (κ3) is 5.37. The van der Waals surface area contributed by atoms with Gasteiger partial charge in [0.2, 0.25) is 11.8 Å². The molecular weight excluding hydrogens is 472 g/mol. The van der Waals surface area contributed by atoms with Crippen LogP contribution in [0.5, 0.6) is 0 Å². The van der Waals surface area contributed by atoms with Crippen molar-refractivity contribution in [3.63, 3.8) is 0 Å². The molecule has 3 heterocycles. The predicted octanol–water partition coefficient (Wildman–Crippen LogP) is 2.25. The van der Waals surface area contributed by atoms with Crippen LogP contribution in [0.1, 0.15) is 72.1 Å². The Morgan fingerprint density at radius 1 is 0.914 bits per heavy atom. The van der Waals surface area contributed by atoms with Gasteiger partial charge in [0.1, 0.15) is 6.04 Å². The van der Waals surface area contributed by atoms with Crippen molar-refractivity contribution in [2.24, 2.45) is 5.92 Å². The third-order valence-corrected chi connectivity index (χ3v) is 7.51. The van der Waals surface area contributed by atoms with Crippen molar-refractivity contribution in [3.05, 3.63) is 29.3 Å². The maximum absolute atomic E-state index is 13.2. The van der Waals surface area contributed by atoms with Crippen LogP contribution in [0.2, 0.25) is 0 Å². The number of nitrogens with zero attached hydrogens (tertiary/aromatic N) is 1. The molecule has 4 amide bonds. The van der Waals surface area contributed by atoms with Crippen LogP contribution in [0.3, 0.4) is 0 Å². The molecule has 0 radical (unpaired) electrons. The van der Waals surface area contributed by atoms with Gasteiger partial charge in [-0.2, -0.15) is 0 Å². The second-order valence-electron chi connectivity index (χ2n) is 9.78. The van der Waals surface area contributed by atoms with Crippen LogP contribution < -0.4 is 16.0 Å². The van der Waals surface area contributed by atoms with Gasteiger partial charge in [-0.05, 0) is 76.1 Å². The molecule has 3 aliphatic heterocycles. The Bertz CT molecular complexity index is 988. The number of benzene rings is 1. The lowest BCUT2D eigenvalue weighted by atomic mass is 9.87. The monoisotopic (exact) mass is 504 g/mol. The molecule has 3 N–H and O–H groups in total. The van der Waals surface area contributed by atoms with E-state index in [-0.39, 0.29) is 31.2 Å². The number of amides is 4. The molecule has 0 spiro atoms. The van der Waals surface area contributed by atoms with Gasteiger partial charge in [0.25, 0.3) is 11.8 Å². The molecule has 0 aromatic heterocycles. The summed E-state index contributed by atoms with van der Waals surface area (Å²) in [6, 6.07) is 4.23. The van der Waals surface area contributed by atoms with E-state index in [0.717, 1.165) is 63.1 Å². The molecule has 4 aliphatic rings. The number of piperidine rings is 2. The minimum Gasteiger partial charge on any atom is -0.384 e. The van der Waals surface area contributed by atoms with Crippen LogP contribution in [0, 0.1) is 5.92 Å². The van der Waals surface area contributed by atoms with E-state index in [4.69, 9.17) is 4.74 Å². The van der Waals surface area contributed by atoms with E-state index in [1.165, 1.54) is 0 Å². The fourth-order valence-corrected chi connectivity index (χ4v) is 5.59. The van der Waals surface area contributed by atoms with Crippen LogP contribution >= 0.6 is 12.4 Å². The number of carbonyl (C=O) groups is 4. The van der Waals surface area contributed by atoms with E-state index in [9.17, 15) is 19.2 Å². The average molecular weight is 505 g/mol. The Labute approximate surface area is 211 Å². The molecule has 0 bridgehead atoms. The molecule has 1 aliphatic carbocycles. The second-order valence-corrected chi connectivity index (χ2v) is 9.78. The van der Waals surface area contributed by atoms with Crippen molar-refractivity contribution in [3.8, 4) is 0 Å². The van der Waals surface area contributed by atoms with Crippen molar-refractivity contribution < 1.29 is 23.9 Å². The number of imide groups is 2. The predicted molar refractivity (Wildman–Crippen MR) is 132 cm³/mol. The minimum atomic E-state index is -0.951. The molecule has 10 heteroatoms. The summed E-state index contributed by atoms with van der Waals surface area (Å²) in [7, 11) is 0. The fourth-order valence-electron chi connectivity index (χ4n) is 5.59. The number of ether oxygens (including phenoxy) is 1. The van der Waals surface area contributed by atoms with Crippen LogP contribution in [-0.2, 0) is 14.3 Å². The first kappa shape index (κ1) is 25.6. The number of halogens is 1. The lowest BCUT2D eigenvalue weighted by molar-refractivity contribution is -0.136. The van der Waals surface area contributed by atoms with Gasteiger partial charge >= 0.3 is 0 Å². The van der Waals surface area contributed by atoms with Crippen LogP contribution in [0.15, 0.2) is 18.2 Å². The van der Waals surface area contributed by atoms with E-state index in [0.29, 0.717) is 34.9 Å². The summed E-state index contributed by atoms with van der Waals surface area (Å²) >= 11 is 0. The van der Waals surface area contributed by atoms with Crippen molar-refractivity contribution in [1.82, 2.24) is 15.5 Å². The van der Waals surface area contributed by atoms with Crippen molar-refractivity contribution in [1.29, 1.82) is 0 Å². The Hall–Kier alpha value is -2.49. The Morgan fingerprint density at radius 3 is 2.34 bits per heavy atom. The number of rotatable bonds is 6. The van der Waals surface area contributed by atoms with Gasteiger partial charge in [0.15, 0.2) is 0 Å². The second kappa shape index (κ2) is 11.1. The maximum Gasteiger partial charge on any atom is 0.264 e. The van der Waals surface area contributed by atoms with E-state index >= 15 is 0 Å². The van der Waals surface area contributed by atoms with Crippen molar-refractivity contribution in [2.45, 2.75) is 69.6 Å². The first-order valence-electron chi connectivity index (χ1n) is 12.5. The summed E-state index contributed by atoms with van der Waals surface area (Å²) in [4.78, 5) is 51.0. The molecule has 190 valence electrons. The molecule has 1 atom stereocenters. The molecule has 9 nitrogen and oxygen atoms in total. The normalized spacial score (nSPS) is 27.3. The van der Waals surface area contributed by atoms with Crippen molar-refractivity contribution in [2.75, 3.05) is 25.0 Å². The smallest absolute Gasteiger partial charge is 0.264 e. The largest absolute Gasteiger partial charge is 0.384 e. The zero-order chi connectivity index (χ0) is 23.7. The first-order chi connectivity index (χ1) is 16.5. The highest BCUT2D eigenvalue weighted by atomic mass is 35.5. The Kier molecular flexibility index (Phi) is 8.09. The number of anilines is 1. The molecule has 5 rings (SSSR count). The highest BCUT2D eigenvalue weighted by Crippen LogP contribution is 2.34. The maximum atomic E-state index is 13.2. The Balaban J connectivity index is 0.00000289. The quantitative estimate of drug-likeness (QED) is 0.509. The fraction of sp³-hybridized carbons (Fsp3) is 0.600.